The lowest BCUT2D eigenvalue weighted by atomic mass is 10.0. The van der Waals surface area contributed by atoms with Gasteiger partial charge in [0.25, 0.3) is 0 Å². The van der Waals surface area contributed by atoms with Gasteiger partial charge in [-0.1, -0.05) is 20.8 Å². The number of carbonyl (C=O) groups excluding carboxylic acids is 1. The van der Waals surface area contributed by atoms with E-state index in [4.69, 9.17) is 4.74 Å². The van der Waals surface area contributed by atoms with E-state index in [0.29, 0.717) is 6.54 Å². The molecular formula is C17H31NO2. The van der Waals surface area contributed by atoms with E-state index in [1.807, 2.05) is 20.8 Å². The van der Waals surface area contributed by atoms with Gasteiger partial charge in [0.05, 0.1) is 13.7 Å². The van der Waals surface area contributed by atoms with E-state index in [0.717, 1.165) is 12.3 Å². The second-order valence-corrected chi connectivity index (χ2v) is 4.37. The molecule has 0 saturated heterocycles. The molecule has 0 aliphatic carbocycles. The average Bonchev–Trinajstić information content (AvgIpc) is 2.44. The maximum atomic E-state index is 10.1. The first-order chi connectivity index (χ1) is 9.42. The standard InChI is InChI=1S/C10H14O.C5H11NO.C2H6/c1-7-5-10(11-4)6-8(2)9(7)3;1-3-6-4-5(2)7;1-2/h5-6H,1-4H3;6H,3-4H2,1-2H3;1-2H3. The molecule has 0 aromatic heterocycles. The van der Waals surface area contributed by atoms with Crippen LogP contribution < -0.4 is 10.1 Å². The molecule has 20 heavy (non-hydrogen) atoms. The van der Waals surface area contributed by atoms with E-state index in [9.17, 15) is 4.79 Å². The van der Waals surface area contributed by atoms with Crippen molar-refractivity contribution in [2.24, 2.45) is 0 Å². The maximum Gasteiger partial charge on any atom is 0.143 e. The van der Waals surface area contributed by atoms with Crippen molar-refractivity contribution in [2.45, 2.75) is 48.5 Å². The number of hydrogen-bond acceptors (Lipinski definition) is 3. The van der Waals surface area contributed by atoms with Crippen molar-refractivity contribution < 1.29 is 9.53 Å². The van der Waals surface area contributed by atoms with Crippen molar-refractivity contribution in [3.8, 4) is 5.75 Å². The summed E-state index contributed by atoms with van der Waals surface area (Å²) in [6.45, 7) is 15.3. The van der Waals surface area contributed by atoms with Gasteiger partial charge in [-0.05, 0) is 63.1 Å². The van der Waals surface area contributed by atoms with E-state index >= 15 is 0 Å². The smallest absolute Gasteiger partial charge is 0.143 e. The molecule has 0 aliphatic heterocycles. The van der Waals surface area contributed by atoms with Gasteiger partial charge in [0, 0.05) is 0 Å². The molecule has 1 aromatic carbocycles. The Bertz CT molecular complexity index is 364. The van der Waals surface area contributed by atoms with Crippen LogP contribution in [0.1, 0.15) is 44.4 Å². The number of hydrogen-bond donors (Lipinski definition) is 1. The lowest BCUT2D eigenvalue weighted by molar-refractivity contribution is -0.116. The van der Waals surface area contributed by atoms with E-state index in [2.05, 4.69) is 38.2 Å². The first kappa shape index (κ1) is 21.0. The van der Waals surface area contributed by atoms with Crippen LogP contribution in [0.2, 0.25) is 0 Å². The number of benzene rings is 1. The van der Waals surface area contributed by atoms with Crippen LogP contribution in [-0.2, 0) is 4.79 Å². The van der Waals surface area contributed by atoms with Crippen molar-refractivity contribution >= 4 is 5.78 Å². The molecule has 1 rings (SSSR count). The Kier molecular flexibility index (Phi) is 13.3. The van der Waals surface area contributed by atoms with Crippen molar-refractivity contribution in [2.75, 3.05) is 20.2 Å². The van der Waals surface area contributed by atoms with Crippen LogP contribution in [0.25, 0.3) is 0 Å². The molecule has 0 atom stereocenters. The second-order valence-electron chi connectivity index (χ2n) is 4.37. The zero-order valence-electron chi connectivity index (χ0n) is 14.4. The molecular weight excluding hydrogens is 250 g/mol. The van der Waals surface area contributed by atoms with Crippen LogP contribution >= 0.6 is 0 Å². The fourth-order valence-corrected chi connectivity index (χ4v) is 1.41. The van der Waals surface area contributed by atoms with Crippen LogP contribution in [0, 0.1) is 20.8 Å². The first-order valence-corrected chi connectivity index (χ1v) is 7.24. The van der Waals surface area contributed by atoms with Crippen LogP contribution in [0.5, 0.6) is 5.75 Å². The fourth-order valence-electron chi connectivity index (χ4n) is 1.41. The summed E-state index contributed by atoms with van der Waals surface area (Å²) in [5, 5.41) is 2.90. The molecule has 0 fully saturated rings. The Morgan fingerprint density at radius 1 is 1.15 bits per heavy atom. The zero-order valence-corrected chi connectivity index (χ0v) is 14.4. The summed E-state index contributed by atoms with van der Waals surface area (Å²) < 4.78 is 5.13. The number of ether oxygens (including phenoxy) is 1. The minimum absolute atomic E-state index is 0.196. The van der Waals surface area contributed by atoms with Crippen molar-refractivity contribution in [3.05, 3.63) is 28.8 Å². The third kappa shape index (κ3) is 9.56. The number of aryl methyl sites for hydroxylation is 2. The summed E-state index contributed by atoms with van der Waals surface area (Å²) >= 11 is 0. The van der Waals surface area contributed by atoms with Crippen LogP contribution in [-0.4, -0.2) is 26.0 Å². The Labute approximate surface area is 124 Å². The number of likely N-dealkylation sites (N-methyl/N-ethyl adjacent to an activating group) is 1. The SMILES string of the molecule is CC.CCNCC(C)=O.COc1cc(C)c(C)c(C)c1. The molecule has 3 heteroatoms. The molecule has 0 heterocycles. The molecule has 0 spiro atoms. The molecule has 1 N–H and O–H groups in total. The molecule has 0 aliphatic rings. The minimum Gasteiger partial charge on any atom is -0.497 e. The van der Waals surface area contributed by atoms with Gasteiger partial charge in [-0.15, -0.1) is 0 Å². The first-order valence-electron chi connectivity index (χ1n) is 7.24. The van der Waals surface area contributed by atoms with Gasteiger partial charge in [-0.2, -0.15) is 0 Å². The lowest BCUT2D eigenvalue weighted by Gasteiger charge is -2.07. The van der Waals surface area contributed by atoms with Crippen molar-refractivity contribution in [3.63, 3.8) is 0 Å². The second kappa shape index (κ2) is 12.7. The lowest BCUT2D eigenvalue weighted by Crippen LogP contribution is -2.19. The summed E-state index contributed by atoms with van der Waals surface area (Å²) in [4.78, 5) is 10.1. The van der Waals surface area contributed by atoms with Crippen LogP contribution in [0.15, 0.2) is 12.1 Å². The summed E-state index contributed by atoms with van der Waals surface area (Å²) in [5.41, 5.74) is 3.94. The minimum atomic E-state index is 0.196. The largest absolute Gasteiger partial charge is 0.497 e. The molecule has 1 aromatic rings. The molecule has 0 amide bonds. The molecule has 3 nitrogen and oxygen atoms in total. The molecule has 0 radical (unpaired) electrons. The van der Waals surface area contributed by atoms with Gasteiger partial charge >= 0.3 is 0 Å². The molecule has 0 bridgehead atoms. The van der Waals surface area contributed by atoms with Crippen LogP contribution in [0.4, 0.5) is 0 Å². The predicted molar refractivity (Wildman–Crippen MR) is 87.8 cm³/mol. The Morgan fingerprint density at radius 3 is 1.85 bits per heavy atom. The number of carbonyl (C=O) groups is 1. The monoisotopic (exact) mass is 281 g/mol. The van der Waals surface area contributed by atoms with E-state index in [1.54, 1.807) is 14.0 Å². The number of Topliss-reactive ketones (excluding diaryl/α,β-unsaturated/α-hetero) is 1. The van der Waals surface area contributed by atoms with Gasteiger partial charge < -0.3 is 10.1 Å². The summed E-state index contributed by atoms with van der Waals surface area (Å²) in [5.74, 6) is 1.15. The highest BCUT2D eigenvalue weighted by Crippen LogP contribution is 2.20. The molecule has 0 unspecified atom stereocenters. The molecule has 0 saturated carbocycles. The predicted octanol–water partition coefficient (Wildman–Crippen LogP) is 3.83. The number of ketones is 1. The normalized spacial score (nSPS) is 8.80. The van der Waals surface area contributed by atoms with Crippen molar-refractivity contribution in [1.29, 1.82) is 0 Å². The maximum absolute atomic E-state index is 10.1. The average molecular weight is 281 g/mol. The van der Waals surface area contributed by atoms with Gasteiger partial charge in [0.1, 0.15) is 11.5 Å². The highest BCUT2D eigenvalue weighted by Gasteiger charge is 1.99. The van der Waals surface area contributed by atoms with E-state index in [-0.39, 0.29) is 5.78 Å². The zero-order chi connectivity index (χ0) is 16.1. The topological polar surface area (TPSA) is 38.3 Å². The number of rotatable bonds is 4. The number of methoxy groups -OCH3 is 1. The Hall–Kier alpha value is -1.35. The van der Waals surface area contributed by atoms with Crippen molar-refractivity contribution in [1.82, 2.24) is 5.32 Å². The summed E-state index contributed by atoms with van der Waals surface area (Å²) in [7, 11) is 1.70. The fraction of sp³-hybridized carbons (Fsp3) is 0.588. The summed E-state index contributed by atoms with van der Waals surface area (Å²) in [6.07, 6.45) is 0. The van der Waals surface area contributed by atoms with Gasteiger partial charge in [0.15, 0.2) is 0 Å². The van der Waals surface area contributed by atoms with Gasteiger partial charge in [-0.3, -0.25) is 4.79 Å². The summed E-state index contributed by atoms with van der Waals surface area (Å²) in [6, 6.07) is 4.12. The third-order valence-corrected chi connectivity index (χ3v) is 2.76. The van der Waals surface area contributed by atoms with Gasteiger partial charge in [0.2, 0.25) is 0 Å². The highest BCUT2D eigenvalue weighted by atomic mass is 16.5. The van der Waals surface area contributed by atoms with E-state index < -0.39 is 0 Å². The highest BCUT2D eigenvalue weighted by molar-refractivity contribution is 5.77. The molecule has 116 valence electrons. The third-order valence-electron chi connectivity index (χ3n) is 2.76. The Balaban J connectivity index is 0. The van der Waals surface area contributed by atoms with Crippen LogP contribution in [0.3, 0.4) is 0 Å². The quantitative estimate of drug-likeness (QED) is 0.911. The van der Waals surface area contributed by atoms with Gasteiger partial charge in [-0.25, -0.2) is 0 Å². The van der Waals surface area contributed by atoms with E-state index in [1.165, 1.54) is 16.7 Å². The number of nitrogens with one attached hydrogen (secondary N) is 1. The Morgan fingerprint density at radius 2 is 1.60 bits per heavy atom.